The summed E-state index contributed by atoms with van der Waals surface area (Å²) in [5, 5.41) is 0. The summed E-state index contributed by atoms with van der Waals surface area (Å²) in [5.74, 6) is 0.733. The molecule has 0 aliphatic heterocycles. The molecule has 1 rings (SSSR count). The van der Waals surface area contributed by atoms with Crippen molar-refractivity contribution in [2.45, 2.75) is 38.8 Å². The predicted molar refractivity (Wildman–Crippen MR) is 105 cm³/mol. The molecule has 0 spiro atoms. The molecule has 0 saturated carbocycles. The summed E-state index contributed by atoms with van der Waals surface area (Å²) in [6, 6.07) is 7.44. The summed E-state index contributed by atoms with van der Waals surface area (Å²) in [4.78, 5) is 14.3. The summed E-state index contributed by atoms with van der Waals surface area (Å²) < 4.78 is 33.5. The largest absolute Gasteiger partial charge is 0 e. The summed E-state index contributed by atoms with van der Waals surface area (Å²) in [6.45, 7) is 27.0. The molecule has 7 nitrogen and oxygen atoms in total. The first-order chi connectivity index (χ1) is 13.8. The van der Waals surface area contributed by atoms with Crippen molar-refractivity contribution in [1.29, 1.82) is 0 Å². The van der Waals surface area contributed by atoms with Gasteiger partial charge >= 0.3 is 40.0 Å². The smallest absolute Gasteiger partial charge is 0 e. The fourth-order valence-corrected chi connectivity index (χ4v) is 2.31. The van der Waals surface area contributed by atoms with Gasteiger partial charge in [0.15, 0.2) is 0 Å². The van der Waals surface area contributed by atoms with Gasteiger partial charge in [-0.2, -0.15) is 0 Å². The van der Waals surface area contributed by atoms with E-state index in [-0.39, 0.29) is 29.5 Å². The molecule has 8 heteroatoms. The maximum absolute atomic E-state index is 12.6. The van der Waals surface area contributed by atoms with Crippen LogP contribution in [0, 0.1) is 20.0 Å². The minimum atomic E-state index is -0.560. The Morgan fingerprint density at radius 3 is 2.00 bits per heavy atom. The Balaban J connectivity index is -0.000000441. The zero-order valence-corrected chi connectivity index (χ0v) is 18.9. The third-order valence-electron chi connectivity index (χ3n) is 3.22. The van der Waals surface area contributed by atoms with Crippen LogP contribution in [0.3, 0.4) is 0 Å². The molecule has 0 N–H and O–H groups in total. The topological polar surface area (TPSA) is 98.5 Å². The molecule has 0 aromatic heterocycles. The number of methoxy groups -OCH3 is 1. The van der Waals surface area contributed by atoms with Crippen LogP contribution in [-0.2, 0) is 36.1 Å². The Labute approximate surface area is 190 Å². The molecule has 30 heavy (non-hydrogen) atoms. The van der Waals surface area contributed by atoms with Gasteiger partial charge in [0, 0.05) is 29.5 Å². The van der Waals surface area contributed by atoms with E-state index < -0.39 is 5.60 Å². The Bertz CT molecular complexity index is 662. The van der Waals surface area contributed by atoms with Crippen molar-refractivity contribution < 1.29 is 45.6 Å². The van der Waals surface area contributed by atoms with Gasteiger partial charge in [0.25, 0.3) is 0 Å². The first-order valence-corrected chi connectivity index (χ1v) is 8.29. The van der Waals surface area contributed by atoms with Crippen LogP contribution in [0.5, 0.6) is 5.75 Å². The number of rotatable bonds is 7. The Morgan fingerprint density at radius 1 is 1.10 bits per heavy atom. The van der Waals surface area contributed by atoms with Crippen LogP contribution in [-0.4, -0.2) is 30.2 Å². The molecule has 1 unspecified atom stereocenters. The van der Waals surface area contributed by atoms with Gasteiger partial charge in [-0.15, -0.1) is 13.2 Å². The van der Waals surface area contributed by atoms with E-state index >= 15 is 0 Å². The fraction of sp³-hybridized carbons (Fsp3) is 0.364. The molecule has 0 aliphatic rings. The van der Waals surface area contributed by atoms with Gasteiger partial charge in [-0.25, -0.2) is 4.79 Å². The number of amides is 1. The third kappa shape index (κ3) is 13.7. The van der Waals surface area contributed by atoms with Gasteiger partial charge in [-0.3, -0.25) is 4.90 Å². The van der Waals surface area contributed by atoms with Crippen LogP contribution in [0.4, 0.5) is 4.79 Å². The molecule has 1 amide bonds. The minimum absolute atomic E-state index is 0. The first kappa shape index (κ1) is 35.0. The summed E-state index contributed by atoms with van der Waals surface area (Å²) in [7, 11) is 1.62. The van der Waals surface area contributed by atoms with E-state index in [9.17, 15) is 4.79 Å². The summed E-state index contributed by atoms with van der Waals surface area (Å²) >= 11 is 0. The molecule has 1 aromatic carbocycles. The molecule has 0 bridgehead atoms. The molecule has 0 heterocycles. The van der Waals surface area contributed by atoms with E-state index in [1.165, 1.54) is 0 Å². The second kappa shape index (κ2) is 21.2. The average molecular weight is 453 g/mol. The number of hydrogen-bond donors (Lipinski definition) is 0. The number of hydrogen-bond acceptors (Lipinski definition) is 3. The van der Waals surface area contributed by atoms with Crippen molar-refractivity contribution in [1.82, 2.24) is 4.90 Å². The maximum atomic E-state index is 12.6. The monoisotopic (exact) mass is 453 g/mol. The molecule has 0 aliphatic carbocycles. The van der Waals surface area contributed by atoms with E-state index in [1.54, 1.807) is 24.2 Å². The summed E-state index contributed by atoms with van der Waals surface area (Å²) in [5.41, 5.74) is 0.360. The quantitative estimate of drug-likeness (QED) is 0.342. The number of ether oxygens (including phenoxy) is 2. The van der Waals surface area contributed by atoms with Crippen molar-refractivity contribution in [2.24, 2.45) is 0 Å². The van der Waals surface area contributed by atoms with E-state index in [0.29, 0.717) is 13.0 Å². The van der Waals surface area contributed by atoms with Gasteiger partial charge in [-0.1, -0.05) is 30.4 Å². The van der Waals surface area contributed by atoms with Crippen LogP contribution in [0.1, 0.15) is 38.8 Å². The van der Waals surface area contributed by atoms with Crippen LogP contribution < -0.4 is 4.74 Å². The molecular weight excluding hydrogens is 426 g/mol. The van der Waals surface area contributed by atoms with Crippen LogP contribution in [0.2, 0.25) is 0 Å². The first-order valence-electron chi connectivity index (χ1n) is 8.29. The molecule has 1 aromatic rings. The number of nitrogens with zero attached hydrogens (tertiary/aromatic N) is 1. The second-order valence-corrected chi connectivity index (χ2v) is 6.20. The van der Waals surface area contributed by atoms with Crippen LogP contribution in [0.25, 0.3) is 0 Å². The molecule has 0 saturated heterocycles. The number of para-hydroxylation sites is 1. The normalized spacial score (nSPS) is 9.53. The Hall–Kier alpha value is -2.48. The molecular formula is C22H27CrNO6. The van der Waals surface area contributed by atoms with Crippen molar-refractivity contribution in [3.63, 3.8) is 0 Å². The van der Waals surface area contributed by atoms with Crippen molar-refractivity contribution >= 4 is 6.09 Å². The van der Waals surface area contributed by atoms with Crippen LogP contribution >= 0.6 is 0 Å². The van der Waals surface area contributed by atoms with Gasteiger partial charge in [0.2, 0.25) is 0 Å². The van der Waals surface area contributed by atoms with Crippen molar-refractivity contribution in [3.8, 4) is 5.75 Å². The zero-order chi connectivity index (χ0) is 23.5. The fourth-order valence-electron chi connectivity index (χ4n) is 2.31. The van der Waals surface area contributed by atoms with E-state index in [0.717, 1.165) is 11.3 Å². The van der Waals surface area contributed by atoms with Crippen LogP contribution in [0.15, 0.2) is 49.6 Å². The summed E-state index contributed by atoms with van der Waals surface area (Å²) in [6.07, 6.45) is 3.69. The molecule has 162 valence electrons. The van der Waals surface area contributed by atoms with E-state index in [2.05, 4.69) is 33.1 Å². The van der Waals surface area contributed by atoms with Gasteiger partial charge in [0.1, 0.15) is 11.4 Å². The predicted octanol–water partition coefficient (Wildman–Crippen LogP) is 4.62. The van der Waals surface area contributed by atoms with Gasteiger partial charge in [0.05, 0.1) is 13.2 Å². The van der Waals surface area contributed by atoms with Crippen molar-refractivity contribution in [3.05, 3.63) is 75.1 Å². The van der Waals surface area contributed by atoms with Gasteiger partial charge < -0.3 is 9.47 Å². The van der Waals surface area contributed by atoms with E-state index in [1.807, 2.05) is 45.0 Å². The zero-order valence-electron chi connectivity index (χ0n) is 17.7. The van der Waals surface area contributed by atoms with Gasteiger partial charge in [-0.05, 0) is 33.3 Å². The number of benzene rings is 1. The van der Waals surface area contributed by atoms with E-state index in [4.69, 9.17) is 23.4 Å². The Kier molecular flexibility index (Phi) is 24.8. The Morgan fingerprint density at radius 2 is 1.60 bits per heavy atom. The number of carbonyl (C=O) groups is 1. The minimum Gasteiger partial charge on any atom is 0 e. The molecule has 0 fully saturated rings. The number of carbonyl (C=O) groups excluding carboxylic acids is 1. The standard InChI is InChI=1S/C19H27NO3.3CO.Cr/c1-7-11-16(15-12-9-10-13-17(15)22-6)20(14-8-2)18(21)23-19(3,4)5;3*1-2;/h7-10,12-13,16H,1-2,11,14H2,3-6H3;;;;. The van der Waals surface area contributed by atoms with Crippen molar-refractivity contribution in [2.75, 3.05) is 13.7 Å². The third-order valence-corrected chi connectivity index (χ3v) is 3.22. The molecule has 0 radical (unpaired) electrons. The molecule has 1 atom stereocenters. The maximum Gasteiger partial charge on any atom is 0 e. The SMILES string of the molecule is C=CCC(c1ccccc1OC)N(CC=C)C(=O)OC(C)(C)C.[C-]#[O+].[C-]#[O+].[C-]#[O+].[Cr]. The second-order valence-electron chi connectivity index (χ2n) is 6.20. The average Bonchev–Trinajstić information content (AvgIpc) is 2.73.